The second-order valence-electron chi connectivity index (χ2n) is 6.53. The van der Waals surface area contributed by atoms with E-state index in [1.54, 1.807) is 43.4 Å². The van der Waals surface area contributed by atoms with Gasteiger partial charge in [-0.05, 0) is 42.0 Å². The standard InChI is InChI=1S/C23H19ClN2O3S/c1-28-18-12-13-19(29-2)21-20(18)25-23(30-21)26(14-15-6-4-3-5-7-15)22(27)16-8-10-17(24)11-9-16/h3-13H,14H2,1-2H3. The van der Waals surface area contributed by atoms with Crippen LogP contribution in [0.1, 0.15) is 15.9 Å². The van der Waals surface area contributed by atoms with E-state index in [2.05, 4.69) is 0 Å². The van der Waals surface area contributed by atoms with Crippen molar-refractivity contribution in [1.29, 1.82) is 0 Å². The van der Waals surface area contributed by atoms with Crippen molar-refractivity contribution in [3.8, 4) is 11.5 Å². The van der Waals surface area contributed by atoms with Gasteiger partial charge in [0.1, 0.15) is 21.7 Å². The number of thiazole rings is 1. The summed E-state index contributed by atoms with van der Waals surface area (Å²) in [6.07, 6.45) is 0. The molecule has 0 aliphatic carbocycles. The highest BCUT2D eigenvalue weighted by molar-refractivity contribution is 7.22. The number of hydrogen-bond acceptors (Lipinski definition) is 5. The predicted octanol–water partition coefficient (Wildman–Crippen LogP) is 5.81. The van der Waals surface area contributed by atoms with Crippen molar-refractivity contribution in [2.24, 2.45) is 0 Å². The fraction of sp³-hybridized carbons (Fsp3) is 0.130. The molecule has 7 heteroatoms. The van der Waals surface area contributed by atoms with Gasteiger partial charge in [-0.1, -0.05) is 53.3 Å². The second kappa shape index (κ2) is 8.73. The minimum Gasteiger partial charge on any atom is -0.495 e. The largest absolute Gasteiger partial charge is 0.495 e. The van der Waals surface area contributed by atoms with Crippen LogP contribution in [0.5, 0.6) is 11.5 Å². The topological polar surface area (TPSA) is 51.7 Å². The van der Waals surface area contributed by atoms with Crippen molar-refractivity contribution < 1.29 is 14.3 Å². The normalized spacial score (nSPS) is 10.8. The maximum absolute atomic E-state index is 13.4. The molecule has 30 heavy (non-hydrogen) atoms. The minimum absolute atomic E-state index is 0.160. The van der Waals surface area contributed by atoms with E-state index in [1.165, 1.54) is 11.3 Å². The zero-order valence-corrected chi connectivity index (χ0v) is 18.0. The molecular weight excluding hydrogens is 420 g/mol. The number of fused-ring (bicyclic) bond motifs is 1. The highest BCUT2D eigenvalue weighted by Crippen LogP contribution is 2.40. The molecule has 0 fully saturated rings. The highest BCUT2D eigenvalue weighted by Gasteiger charge is 2.24. The Bertz CT molecular complexity index is 1140. The van der Waals surface area contributed by atoms with Crippen molar-refractivity contribution in [3.05, 3.63) is 82.9 Å². The minimum atomic E-state index is -0.160. The number of aromatic nitrogens is 1. The summed E-state index contributed by atoms with van der Waals surface area (Å²) in [5.74, 6) is 1.16. The van der Waals surface area contributed by atoms with Crippen molar-refractivity contribution in [2.45, 2.75) is 6.54 Å². The Labute approximate surface area is 183 Å². The molecule has 0 spiro atoms. The number of methoxy groups -OCH3 is 2. The van der Waals surface area contributed by atoms with Crippen molar-refractivity contribution >= 4 is 44.2 Å². The summed E-state index contributed by atoms with van der Waals surface area (Å²) in [4.78, 5) is 19.8. The van der Waals surface area contributed by atoms with E-state index in [0.29, 0.717) is 39.3 Å². The van der Waals surface area contributed by atoms with Gasteiger partial charge in [0.05, 0.1) is 20.8 Å². The number of rotatable bonds is 6. The number of amides is 1. The molecule has 0 saturated heterocycles. The fourth-order valence-electron chi connectivity index (χ4n) is 3.13. The molecule has 0 unspecified atom stereocenters. The maximum atomic E-state index is 13.4. The van der Waals surface area contributed by atoms with Gasteiger partial charge in [0.2, 0.25) is 0 Å². The van der Waals surface area contributed by atoms with Crippen LogP contribution < -0.4 is 14.4 Å². The summed E-state index contributed by atoms with van der Waals surface area (Å²) in [5.41, 5.74) is 2.20. The number of benzene rings is 3. The number of anilines is 1. The smallest absolute Gasteiger partial charge is 0.260 e. The molecule has 1 heterocycles. The first-order valence-corrected chi connectivity index (χ1v) is 10.4. The molecule has 152 valence electrons. The van der Waals surface area contributed by atoms with Gasteiger partial charge in [-0.15, -0.1) is 0 Å². The number of carbonyl (C=O) groups excluding carboxylic acids is 1. The third-order valence-electron chi connectivity index (χ3n) is 4.65. The van der Waals surface area contributed by atoms with Crippen molar-refractivity contribution in [1.82, 2.24) is 4.98 Å². The highest BCUT2D eigenvalue weighted by atomic mass is 35.5. The first-order chi connectivity index (χ1) is 14.6. The molecular formula is C23H19ClN2O3S. The monoisotopic (exact) mass is 438 g/mol. The summed E-state index contributed by atoms with van der Waals surface area (Å²) < 4.78 is 11.8. The molecule has 3 aromatic carbocycles. The van der Waals surface area contributed by atoms with E-state index in [0.717, 1.165) is 10.3 Å². The Kier molecular flexibility index (Phi) is 5.88. The molecule has 4 rings (SSSR count). The van der Waals surface area contributed by atoms with Crippen LogP contribution in [-0.4, -0.2) is 25.1 Å². The van der Waals surface area contributed by atoms with E-state index in [9.17, 15) is 4.79 Å². The van der Waals surface area contributed by atoms with Crippen LogP contribution in [0.2, 0.25) is 5.02 Å². The first kappa shape index (κ1) is 20.2. The van der Waals surface area contributed by atoms with E-state index in [1.807, 2.05) is 42.5 Å². The Morgan fingerprint density at radius 2 is 1.63 bits per heavy atom. The van der Waals surface area contributed by atoms with Crippen LogP contribution in [0, 0.1) is 0 Å². The van der Waals surface area contributed by atoms with Gasteiger partial charge >= 0.3 is 0 Å². The summed E-state index contributed by atoms with van der Waals surface area (Å²) in [7, 11) is 3.21. The molecule has 1 aromatic heterocycles. The van der Waals surface area contributed by atoms with E-state index < -0.39 is 0 Å². The zero-order chi connectivity index (χ0) is 21.1. The van der Waals surface area contributed by atoms with Crippen molar-refractivity contribution in [3.63, 3.8) is 0 Å². The molecule has 0 saturated carbocycles. The Balaban J connectivity index is 1.82. The molecule has 4 aromatic rings. The van der Waals surface area contributed by atoms with Gasteiger partial charge in [-0.25, -0.2) is 4.98 Å². The van der Waals surface area contributed by atoms with E-state index >= 15 is 0 Å². The van der Waals surface area contributed by atoms with Gasteiger partial charge in [0.15, 0.2) is 5.13 Å². The third kappa shape index (κ3) is 3.97. The molecule has 0 radical (unpaired) electrons. The Hall–Kier alpha value is -3.09. The number of halogens is 1. The molecule has 0 bridgehead atoms. The molecule has 1 amide bonds. The molecule has 0 N–H and O–H groups in total. The summed E-state index contributed by atoms with van der Waals surface area (Å²) in [6.45, 7) is 0.382. The van der Waals surface area contributed by atoms with Crippen LogP contribution in [0.15, 0.2) is 66.7 Å². The quantitative estimate of drug-likeness (QED) is 0.381. The number of ether oxygens (including phenoxy) is 2. The number of hydrogen-bond donors (Lipinski definition) is 0. The van der Waals surface area contributed by atoms with Crippen LogP contribution in [0.4, 0.5) is 5.13 Å². The van der Waals surface area contributed by atoms with Gasteiger partial charge in [-0.2, -0.15) is 0 Å². The Morgan fingerprint density at radius 3 is 2.30 bits per heavy atom. The van der Waals surface area contributed by atoms with Crippen molar-refractivity contribution in [2.75, 3.05) is 19.1 Å². The van der Waals surface area contributed by atoms with Crippen LogP contribution >= 0.6 is 22.9 Å². The lowest BCUT2D eigenvalue weighted by Crippen LogP contribution is -2.30. The number of nitrogens with zero attached hydrogens (tertiary/aromatic N) is 2. The molecule has 0 atom stereocenters. The molecule has 0 aliphatic rings. The van der Waals surface area contributed by atoms with Gasteiger partial charge < -0.3 is 9.47 Å². The predicted molar refractivity (Wildman–Crippen MR) is 121 cm³/mol. The lowest BCUT2D eigenvalue weighted by atomic mass is 10.1. The van der Waals surface area contributed by atoms with E-state index in [4.69, 9.17) is 26.1 Å². The van der Waals surface area contributed by atoms with Crippen LogP contribution in [0.25, 0.3) is 10.2 Å². The lowest BCUT2D eigenvalue weighted by Gasteiger charge is -2.20. The summed E-state index contributed by atoms with van der Waals surface area (Å²) in [5, 5.41) is 1.15. The molecule has 5 nitrogen and oxygen atoms in total. The van der Waals surface area contributed by atoms with Gasteiger partial charge in [0.25, 0.3) is 5.91 Å². The van der Waals surface area contributed by atoms with Crippen LogP contribution in [-0.2, 0) is 6.54 Å². The first-order valence-electron chi connectivity index (χ1n) is 9.23. The fourth-order valence-corrected chi connectivity index (χ4v) is 4.33. The SMILES string of the molecule is COc1ccc(OC)c2sc(N(Cc3ccccc3)C(=O)c3ccc(Cl)cc3)nc12. The summed E-state index contributed by atoms with van der Waals surface area (Å²) >= 11 is 7.39. The van der Waals surface area contributed by atoms with Gasteiger partial charge in [-0.3, -0.25) is 9.69 Å². The third-order valence-corrected chi connectivity index (χ3v) is 5.99. The number of carbonyl (C=O) groups is 1. The zero-order valence-electron chi connectivity index (χ0n) is 16.5. The van der Waals surface area contributed by atoms with Gasteiger partial charge in [0, 0.05) is 10.6 Å². The molecule has 0 aliphatic heterocycles. The average molecular weight is 439 g/mol. The average Bonchev–Trinajstić information content (AvgIpc) is 3.23. The maximum Gasteiger partial charge on any atom is 0.260 e. The summed E-state index contributed by atoms with van der Waals surface area (Å²) in [6, 6.07) is 20.3. The van der Waals surface area contributed by atoms with E-state index in [-0.39, 0.29) is 5.91 Å². The van der Waals surface area contributed by atoms with Crippen LogP contribution in [0.3, 0.4) is 0 Å². The lowest BCUT2D eigenvalue weighted by molar-refractivity contribution is 0.0985. The second-order valence-corrected chi connectivity index (χ2v) is 7.94. The Morgan fingerprint density at radius 1 is 0.967 bits per heavy atom.